The van der Waals surface area contributed by atoms with Gasteiger partial charge in [0.15, 0.2) is 5.13 Å². The molecule has 1 aromatic heterocycles. The number of methoxy groups -OCH3 is 1. The van der Waals surface area contributed by atoms with Crippen molar-refractivity contribution in [1.29, 1.82) is 0 Å². The first-order chi connectivity index (χ1) is 23.3. The third-order valence-electron chi connectivity index (χ3n) is 8.12. The largest absolute Gasteiger partial charge is 0.496 e. The monoisotopic (exact) mass is 706 g/mol. The van der Waals surface area contributed by atoms with Crippen molar-refractivity contribution >= 4 is 57.7 Å². The lowest BCUT2D eigenvalue weighted by molar-refractivity contribution is -0.127. The lowest BCUT2D eigenvalue weighted by Gasteiger charge is -2.36. The number of piperazine rings is 2. The molecule has 2 aromatic carbocycles. The highest BCUT2D eigenvalue weighted by molar-refractivity contribution is 8.01. The molecule has 12 nitrogen and oxygen atoms in total. The summed E-state index contributed by atoms with van der Waals surface area (Å²) in [6, 6.07) is 11.1. The number of ether oxygens (including phenoxy) is 2. The number of rotatable bonds is 8. The van der Waals surface area contributed by atoms with E-state index in [9.17, 15) is 19.2 Å². The first-order valence-electron chi connectivity index (χ1n) is 16.0. The molecule has 260 valence electrons. The lowest BCUT2D eigenvalue weighted by atomic mass is 10.1. The summed E-state index contributed by atoms with van der Waals surface area (Å²) in [5, 5.41) is 3.35. The molecule has 0 unspecified atom stereocenters. The molecule has 3 aromatic rings. The summed E-state index contributed by atoms with van der Waals surface area (Å²) in [7, 11) is 1.54. The molecular weight excluding hydrogens is 665 g/mol. The number of thiazole rings is 1. The van der Waals surface area contributed by atoms with E-state index in [1.807, 2.05) is 52.0 Å². The van der Waals surface area contributed by atoms with E-state index < -0.39 is 5.60 Å². The molecule has 0 bridgehead atoms. The van der Waals surface area contributed by atoms with Crippen molar-refractivity contribution in [2.45, 2.75) is 42.4 Å². The number of hydrogen-bond acceptors (Lipinski definition) is 10. The van der Waals surface area contributed by atoms with Crippen LogP contribution in [0.1, 0.15) is 47.1 Å². The zero-order valence-corrected chi connectivity index (χ0v) is 30.1. The minimum absolute atomic E-state index is 0.139. The Kier molecular flexibility index (Phi) is 11.2. The number of amides is 4. The summed E-state index contributed by atoms with van der Waals surface area (Å²) in [6.07, 6.45) is 2.69. The highest BCUT2D eigenvalue weighted by Crippen LogP contribution is 2.38. The Morgan fingerprint density at radius 1 is 0.939 bits per heavy atom. The van der Waals surface area contributed by atoms with Gasteiger partial charge in [0, 0.05) is 68.5 Å². The van der Waals surface area contributed by atoms with Crippen molar-refractivity contribution in [2.75, 3.05) is 69.7 Å². The first-order valence-corrected chi connectivity index (χ1v) is 17.7. The quantitative estimate of drug-likeness (QED) is 0.307. The number of anilines is 2. The van der Waals surface area contributed by atoms with Gasteiger partial charge in [-0.3, -0.25) is 19.7 Å². The summed E-state index contributed by atoms with van der Waals surface area (Å²) in [4.78, 5) is 63.5. The molecule has 0 saturated carbocycles. The zero-order valence-electron chi connectivity index (χ0n) is 28.5. The minimum Gasteiger partial charge on any atom is -0.496 e. The number of nitrogens with zero attached hydrogens (tertiary/aromatic N) is 5. The fourth-order valence-electron chi connectivity index (χ4n) is 5.48. The Bertz CT molecular complexity index is 1700. The second-order valence-electron chi connectivity index (χ2n) is 12.7. The van der Waals surface area contributed by atoms with Crippen LogP contribution >= 0.6 is 23.1 Å². The maximum Gasteiger partial charge on any atom is 0.410 e. The standard InChI is InChI=1S/C35H42N6O6S2/c1-7-29(42)39-14-16-40(17-15-39)32(44)26-21-28(23(2)20-27(26)46-6)48-30-22-36-33(49-30)37-31(43)24-8-10-25(11-9-24)38-12-18-41(19-13-38)34(45)47-35(3,4)5/h7-11,20-22H,1,12-19H2,2-6H3,(H,36,37,43). The van der Waals surface area contributed by atoms with Gasteiger partial charge in [0.25, 0.3) is 11.8 Å². The summed E-state index contributed by atoms with van der Waals surface area (Å²) in [5.41, 5.74) is 2.34. The van der Waals surface area contributed by atoms with Crippen LogP contribution in [0, 0.1) is 6.92 Å². The molecule has 1 N–H and O–H groups in total. The Labute approximate surface area is 295 Å². The number of benzene rings is 2. The average Bonchev–Trinajstić information content (AvgIpc) is 3.54. The van der Waals surface area contributed by atoms with Gasteiger partial charge in [0.1, 0.15) is 11.4 Å². The van der Waals surface area contributed by atoms with E-state index in [1.165, 1.54) is 29.2 Å². The third kappa shape index (κ3) is 8.92. The molecule has 14 heteroatoms. The highest BCUT2D eigenvalue weighted by atomic mass is 32.2. The topological polar surface area (TPSA) is 125 Å². The molecule has 2 aliphatic rings. The molecule has 49 heavy (non-hydrogen) atoms. The van der Waals surface area contributed by atoms with Crippen LogP contribution in [0.2, 0.25) is 0 Å². The van der Waals surface area contributed by atoms with Gasteiger partial charge in [-0.1, -0.05) is 29.7 Å². The van der Waals surface area contributed by atoms with Gasteiger partial charge >= 0.3 is 6.09 Å². The Hall–Kier alpha value is -4.56. The third-order valence-corrected chi connectivity index (χ3v) is 10.3. The van der Waals surface area contributed by atoms with Crippen LogP contribution in [0.5, 0.6) is 5.75 Å². The Morgan fingerprint density at radius 2 is 1.57 bits per heavy atom. The summed E-state index contributed by atoms with van der Waals surface area (Å²) < 4.78 is 11.9. The molecule has 0 radical (unpaired) electrons. The fourth-order valence-corrected chi connectivity index (χ4v) is 7.41. The Morgan fingerprint density at radius 3 is 2.18 bits per heavy atom. The van der Waals surface area contributed by atoms with Gasteiger partial charge in [-0.25, -0.2) is 9.78 Å². The van der Waals surface area contributed by atoms with E-state index >= 15 is 0 Å². The van der Waals surface area contributed by atoms with E-state index in [-0.39, 0.29) is 23.8 Å². The van der Waals surface area contributed by atoms with Crippen LogP contribution in [0.25, 0.3) is 0 Å². The molecule has 3 heterocycles. The molecule has 2 fully saturated rings. The number of nitrogens with one attached hydrogen (secondary N) is 1. The minimum atomic E-state index is -0.529. The molecule has 2 aliphatic heterocycles. The number of aryl methyl sites for hydroxylation is 1. The van der Waals surface area contributed by atoms with Crippen molar-refractivity contribution in [1.82, 2.24) is 19.7 Å². The van der Waals surface area contributed by atoms with Gasteiger partial charge < -0.3 is 29.1 Å². The maximum absolute atomic E-state index is 13.5. The van der Waals surface area contributed by atoms with Crippen molar-refractivity contribution in [2.24, 2.45) is 0 Å². The van der Waals surface area contributed by atoms with Crippen molar-refractivity contribution in [3.63, 3.8) is 0 Å². The van der Waals surface area contributed by atoms with Crippen molar-refractivity contribution < 1.29 is 28.7 Å². The molecule has 4 amide bonds. The number of carbonyl (C=O) groups is 4. The van der Waals surface area contributed by atoms with Gasteiger partial charge in [-0.15, -0.1) is 0 Å². The number of hydrogen-bond donors (Lipinski definition) is 1. The van der Waals surface area contributed by atoms with Gasteiger partial charge in [-0.2, -0.15) is 0 Å². The first kappa shape index (κ1) is 35.7. The van der Waals surface area contributed by atoms with Crippen LogP contribution in [0.3, 0.4) is 0 Å². The van der Waals surface area contributed by atoms with Crippen LogP contribution in [0.15, 0.2) is 64.4 Å². The molecule has 0 atom stereocenters. The molecule has 0 spiro atoms. The number of aromatic nitrogens is 1. The fraction of sp³-hybridized carbons (Fsp3) is 0.400. The maximum atomic E-state index is 13.5. The predicted octanol–water partition coefficient (Wildman–Crippen LogP) is 5.39. The SMILES string of the molecule is C=CC(=O)N1CCN(C(=O)c2cc(Sc3cnc(NC(=O)c4ccc(N5CCN(C(=O)OC(C)(C)C)CC5)cc4)s3)c(C)cc2OC)CC1. The molecule has 5 rings (SSSR count). The van der Waals surface area contributed by atoms with E-state index in [0.29, 0.717) is 74.4 Å². The predicted molar refractivity (Wildman–Crippen MR) is 191 cm³/mol. The summed E-state index contributed by atoms with van der Waals surface area (Å²) in [5.74, 6) is -0.0746. The van der Waals surface area contributed by atoms with E-state index in [4.69, 9.17) is 9.47 Å². The summed E-state index contributed by atoms with van der Waals surface area (Å²) >= 11 is 2.81. The van der Waals surface area contributed by atoms with Gasteiger partial charge in [0.2, 0.25) is 5.91 Å². The van der Waals surface area contributed by atoms with Crippen LogP contribution in [-0.4, -0.2) is 109 Å². The highest BCUT2D eigenvalue weighted by Gasteiger charge is 2.28. The summed E-state index contributed by atoms with van der Waals surface area (Å²) in [6.45, 7) is 15.3. The van der Waals surface area contributed by atoms with Crippen molar-refractivity contribution in [3.05, 3.63) is 71.9 Å². The van der Waals surface area contributed by atoms with E-state index in [1.54, 1.807) is 40.1 Å². The van der Waals surface area contributed by atoms with E-state index in [0.717, 1.165) is 20.4 Å². The molecule has 2 saturated heterocycles. The van der Waals surface area contributed by atoms with Crippen LogP contribution in [-0.2, 0) is 9.53 Å². The van der Waals surface area contributed by atoms with Gasteiger partial charge in [0.05, 0.1) is 23.1 Å². The second-order valence-corrected chi connectivity index (χ2v) is 15.1. The zero-order chi connectivity index (χ0) is 35.3. The molecular formula is C35H42N6O6S2. The average molecular weight is 707 g/mol. The number of carbonyl (C=O) groups excluding carboxylic acids is 4. The van der Waals surface area contributed by atoms with E-state index in [2.05, 4.69) is 21.8 Å². The Balaban J connectivity index is 1.17. The van der Waals surface area contributed by atoms with Crippen LogP contribution < -0.4 is 15.0 Å². The normalized spacial score (nSPS) is 15.1. The molecule has 0 aliphatic carbocycles. The van der Waals surface area contributed by atoms with Crippen LogP contribution in [0.4, 0.5) is 15.6 Å². The van der Waals surface area contributed by atoms with Crippen molar-refractivity contribution in [3.8, 4) is 5.75 Å². The smallest absolute Gasteiger partial charge is 0.410 e. The van der Waals surface area contributed by atoms with Gasteiger partial charge in [-0.05, 0) is 75.7 Å². The lowest BCUT2D eigenvalue weighted by Crippen LogP contribution is -2.50. The second kappa shape index (κ2) is 15.3.